The normalized spacial score (nSPS) is 14.4. The summed E-state index contributed by atoms with van der Waals surface area (Å²) in [6, 6.07) is 6.92. The highest BCUT2D eigenvalue weighted by molar-refractivity contribution is 7.72. The highest BCUT2D eigenvalue weighted by Gasteiger charge is 2.07. The zero-order valence-corrected chi connectivity index (χ0v) is 9.35. The fraction of sp³-hybridized carbons (Fsp3) is 0. The Labute approximate surface area is 95.8 Å². The molecule has 0 amide bonds. The Kier molecular flexibility index (Phi) is 3.22. The Morgan fingerprint density at radius 2 is 1.81 bits per heavy atom. The van der Waals surface area contributed by atoms with Crippen LogP contribution in [-0.4, -0.2) is 8.42 Å². The lowest BCUT2D eigenvalue weighted by Gasteiger charge is -2.08. The quantitative estimate of drug-likeness (QED) is 0.764. The van der Waals surface area contributed by atoms with Gasteiger partial charge in [0, 0.05) is 17.5 Å². The second-order valence-corrected chi connectivity index (χ2v) is 4.24. The molecule has 1 aliphatic heterocycles. The fourth-order valence-electron chi connectivity index (χ4n) is 1.49. The number of nitrogens with one attached hydrogen (secondary N) is 1. The maximum absolute atomic E-state index is 11.1. The molecule has 1 heterocycles. The maximum atomic E-state index is 11.1. The number of hydrogen-bond acceptors (Lipinski definition) is 3. The molecule has 0 fully saturated rings. The van der Waals surface area contributed by atoms with E-state index in [9.17, 15) is 8.42 Å². The lowest BCUT2D eigenvalue weighted by molar-refractivity contribution is 0.614. The molecule has 0 bridgehead atoms. The third-order valence-electron chi connectivity index (χ3n) is 2.21. The van der Waals surface area contributed by atoms with Crippen molar-refractivity contribution in [3.8, 4) is 0 Å². The monoisotopic (exact) mass is 233 g/mol. The van der Waals surface area contributed by atoms with Gasteiger partial charge in [-0.15, -0.1) is 0 Å². The van der Waals surface area contributed by atoms with Crippen LogP contribution in [0.5, 0.6) is 0 Å². The third-order valence-corrected chi connectivity index (χ3v) is 2.99. The van der Waals surface area contributed by atoms with E-state index in [0.717, 1.165) is 5.70 Å². The first-order valence-corrected chi connectivity index (χ1v) is 6.00. The first-order valence-electron chi connectivity index (χ1n) is 4.83. The minimum absolute atomic E-state index is 0.333. The molecule has 0 saturated carbocycles. The maximum Gasteiger partial charge on any atom is 0.168 e. The van der Waals surface area contributed by atoms with Crippen molar-refractivity contribution in [1.82, 2.24) is 5.32 Å². The van der Waals surface area contributed by atoms with Crippen molar-refractivity contribution in [2.45, 2.75) is 4.90 Å². The molecule has 0 aliphatic carbocycles. The van der Waals surface area contributed by atoms with Crippen LogP contribution in [0.4, 0.5) is 0 Å². The summed E-state index contributed by atoms with van der Waals surface area (Å²) in [6.07, 6.45) is 9.20. The molecule has 4 heteroatoms. The topological polar surface area (TPSA) is 46.2 Å². The second kappa shape index (κ2) is 4.81. The van der Waals surface area contributed by atoms with Gasteiger partial charge in [0.1, 0.15) is 0 Å². The van der Waals surface area contributed by atoms with E-state index in [1.165, 1.54) is 0 Å². The lowest BCUT2D eigenvalue weighted by atomic mass is 10.1. The molecular weight excluding hydrogens is 222 g/mol. The van der Waals surface area contributed by atoms with E-state index in [4.69, 9.17) is 0 Å². The van der Waals surface area contributed by atoms with Crippen LogP contribution in [0.15, 0.2) is 59.7 Å². The Balaban J connectivity index is 2.51. The van der Waals surface area contributed by atoms with Crippen molar-refractivity contribution in [3.63, 3.8) is 0 Å². The minimum atomic E-state index is -2.58. The summed E-state index contributed by atoms with van der Waals surface area (Å²) in [5, 5.41) is 3.04. The van der Waals surface area contributed by atoms with E-state index < -0.39 is 10.7 Å². The van der Waals surface area contributed by atoms with E-state index in [1.54, 1.807) is 24.4 Å². The zero-order chi connectivity index (χ0) is 11.4. The van der Waals surface area contributed by atoms with Crippen LogP contribution in [0.2, 0.25) is 0 Å². The Morgan fingerprint density at radius 1 is 1.00 bits per heavy atom. The summed E-state index contributed by atoms with van der Waals surface area (Å²) in [6.45, 7) is 0. The summed E-state index contributed by atoms with van der Waals surface area (Å²) in [4.78, 5) is 0.333. The van der Waals surface area contributed by atoms with Crippen LogP contribution in [0.25, 0.3) is 5.70 Å². The van der Waals surface area contributed by atoms with Crippen LogP contribution in [-0.2, 0) is 10.7 Å². The molecule has 1 aliphatic rings. The number of hydrogen-bond donors (Lipinski definition) is 2. The molecule has 0 radical (unpaired) electrons. The summed E-state index contributed by atoms with van der Waals surface area (Å²) in [7, 11) is -2.58. The van der Waals surface area contributed by atoms with Gasteiger partial charge >= 0.3 is 0 Å². The molecule has 1 N–H and O–H groups in total. The average Bonchev–Trinajstić information content (AvgIpc) is 2.57. The van der Waals surface area contributed by atoms with Gasteiger partial charge in [0.25, 0.3) is 0 Å². The molecule has 0 spiro atoms. The highest BCUT2D eigenvalue weighted by atomic mass is 32.2. The molecule has 3 nitrogen and oxygen atoms in total. The first kappa shape index (κ1) is 10.7. The van der Waals surface area contributed by atoms with Gasteiger partial charge in [-0.2, -0.15) is 0 Å². The highest BCUT2D eigenvalue weighted by Crippen LogP contribution is 2.19. The summed E-state index contributed by atoms with van der Waals surface area (Å²) >= 11 is 0. The standard InChI is InChI=1S/C12H11NO2S/c14-16(15)12-8-4-3-6-10(12)11-7-2-1-5-9-13-11/h1-9,13,16H. The van der Waals surface area contributed by atoms with E-state index in [2.05, 4.69) is 5.32 Å². The number of thiol groups is 1. The van der Waals surface area contributed by atoms with E-state index >= 15 is 0 Å². The summed E-state index contributed by atoms with van der Waals surface area (Å²) in [5.74, 6) is 0. The molecular formula is C12H11NO2S. The molecule has 82 valence electrons. The number of benzene rings is 1. The molecule has 1 aromatic carbocycles. The third kappa shape index (κ3) is 2.23. The second-order valence-electron chi connectivity index (χ2n) is 3.24. The molecule has 0 aromatic heterocycles. The SMILES string of the molecule is O=[SH](=O)c1ccccc1C1=CC=CC=CN1. The predicted octanol–water partition coefficient (Wildman–Crippen LogP) is 1.67. The van der Waals surface area contributed by atoms with Crippen molar-refractivity contribution >= 4 is 16.4 Å². The van der Waals surface area contributed by atoms with Crippen molar-refractivity contribution < 1.29 is 8.42 Å². The van der Waals surface area contributed by atoms with E-state index in [1.807, 2.05) is 30.4 Å². The zero-order valence-electron chi connectivity index (χ0n) is 8.46. The van der Waals surface area contributed by atoms with Crippen LogP contribution in [0, 0.1) is 0 Å². The van der Waals surface area contributed by atoms with Gasteiger partial charge in [0.15, 0.2) is 10.7 Å². The van der Waals surface area contributed by atoms with Crippen LogP contribution < -0.4 is 5.32 Å². The Bertz CT molecular complexity index is 546. The Morgan fingerprint density at radius 3 is 2.62 bits per heavy atom. The largest absolute Gasteiger partial charge is 0.361 e. The van der Waals surface area contributed by atoms with Gasteiger partial charge in [-0.1, -0.05) is 30.4 Å². The van der Waals surface area contributed by atoms with Crippen molar-refractivity contribution in [2.75, 3.05) is 0 Å². The van der Waals surface area contributed by atoms with Crippen LogP contribution in [0.1, 0.15) is 5.56 Å². The number of allylic oxidation sites excluding steroid dienone is 4. The van der Waals surface area contributed by atoms with Gasteiger partial charge < -0.3 is 5.32 Å². The smallest absolute Gasteiger partial charge is 0.168 e. The van der Waals surface area contributed by atoms with E-state index in [0.29, 0.717) is 10.5 Å². The van der Waals surface area contributed by atoms with Gasteiger partial charge in [-0.3, -0.25) is 0 Å². The predicted molar refractivity (Wildman–Crippen MR) is 64.4 cm³/mol. The molecule has 16 heavy (non-hydrogen) atoms. The van der Waals surface area contributed by atoms with E-state index in [-0.39, 0.29) is 0 Å². The Hall–Kier alpha value is -1.81. The number of rotatable bonds is 2. The summed E-state index contributed by atoms with van der Waals surface area (Å²) < 4.78 is 22.2. The average molecular weight is 233 g/mol. The lowest BCUT2D eigenvalue weighted by Crippen LogP contribution is -2.05. The van der Waals surface area contributed by atoms with Crippen LogP contribution in [0.3, 0.4) is 0 Å². The van der Waals surface area contributed by atoms with Gasteiger partial charge in [0.2, 0.25) is 0 Å². The fourth-order valence-corrected chi connectivity index (χ4v) is 2.09. The molecule has 0 saturated heterocycles. The molecule has 1 aromatic rings. The van der Waals surface area contributed by atoms with Crippen molar-refractivity contribution in [1.29, 1.82) is 0 Å². The van der Waals surface area contributed by atoms with Gasteiger partial charge in [-0.05, 0) is 18.2 Å². The van der Waals surface area contributed by atoms with Crippen molar-refractivity contribution in [2.24, 2.45) is 0 Å². The van der Waals surface area contributed by atoms with Crippen LogP contribution >= 0.6 is 0 Å². The van der Waals surface area contributed by atoms with Gasteiger partial charge in [-0.25, -0.2) is 8.42 Å². The minimum Gasteiger partial charge on any atom is -0.361 e. The molecule has 0 unspecified atom stereocenters. The summed E-state index contributed by atoms with van der Waals surface area (Å²) in [5.41, 5.74) is 1.47. The van der Waals surface area contributed by atoms with Crippen molar-refractivity contribution in [3.05, 3.63) is 60.3 Å². The first-order chi connectivity index (χ1) is 7.79. The van der Waals surface area contributed by atoms with Gasteiger partial charge in [0.05, 0.1) is 4.90 Å². The molecule has 0 atom stereocenters. The molecule has 2 rings (SSSR count).